The molecule has 2 aromatic rings. The summed E-state index contributed by atoms with van der Waals surface area (Å²) < 4.78 is 0. The Bertz CT molecular complexity index is 690. The fraction of sp³-hybridized carbons (Fsp3) is 0.438. The quantitative estimate of drug-likeness (QED) is 0.826. The average Bonchev–Trinajstić information content (AvgIpc) is 2.84. The second-order valence-corrected chi connectivity index (χ2v) is 6.24. The molecule has 0 bridgehead atoms. The summed E-state index contributed by atoms with van der Waals surface area (Å²) in [4.78, 5) is 17.3. The Morgan fingerprint density at radius 1 is 1.45 bits per heavy atom. The average molecular weight is 269 g/mol. The number of carbonyl (C=O) groups excluding carboxylic acids is 1. The number of hydrogen-bond donors (Lipinski definition) is 2. The molecule has 1 aliphatic carbocycles. The van der Waals surface area contributed by atoms with E-state index in [-0.39, 0.29) is 11.8 Å². The molecule has 0 spiro atoms. The molecule has 1 fully saturated rings. The van der Waals surface area contributed by atoms with Crippen LogP contribution in [-0.2, 0) is 11.2 Å². The van der Waals surface area contributed by atoms with Crippen molar-refractivity contribution in [1.29, 1.82) is 0 Å². The van der Waals surface area contributed by atoms with Gasteiger partial charge in [0.05, 0.1) is 5.92 Å². The first-order valence-electron chi connectivity index (χ1n) is 7.23. The van der Waals surface area contributed by atoms with Gasteiger partial charge in [-0.05, 0) is 37.1 Å². The van der Waals surface area contributed by atoms with Crippen molar-refractivity contribution in [2.75, 3.05) is 13.6 Å². The van der Waals surface area contributed by atoms with E-state index in [1.807, 2.05) is 0 Å². The third-order valence-electron chi connectivity index (χ3n) is 5.13. The standard InChI is InChI=1S/C16H19N3O/c1-19-8-10(16(17)20)5-12-11-3-2-4-13-15(11)9(7-18-13)6-14(12)19/h2-4,7,10,12,14,18H,5-6,8H2,1H3,(H2,17,20)/t10-,12?,14+/m0/s1. The van der Waals surface area contributed by atoms with Gasteiger partial charge in [0.2, 0.25) is 5.91 Å². The molecule has 4 heteroatoms. The number of likely N-dealkylation sites (N-methyl/N-ethyl adjacent to an activating group) is 1. The van der Waals surface area contributed by atoms with Crippen LogP contribution in [0.3, 0.4) is 0 Å². The molecule has 3 N–H and O–H groups in total. The van der Waals surface area contributed by atoms with Crippen LogP contribution in [0.4, 0.5) is 0 Å². The van der Waals surface area contributed by atoms with Crippen molar-refractivity contribution in [2.24, 2.45) is 11.7 Å². The summed E-state index contributed by atoms with van der Waals surface area (Å²) in [5.41, 5.74) is 9.55. The van der Waals surface area contributed by atoms with E-state index in [4.69, 9.17) is 5.73 Å². The first-order valence-corrected chi connectivity index (χ1v) is 7.23. The molecule has 1 aromatic heterocycles. The number of carbonyl (C=O) groups is 1. The number of H-pyrrole nitrogens is 1. The van der Waals surface area contributed by atoms with Crippen molar-refractivity contribution in [3.8, 4) is 0 Å². The number of likely N-dealkylation sites (tertiary alicyclic amines) is 1. The van der Waals surface area contributed by atoms with Gasteiger partial charge in [0.15, 0.2) is 0 Å². The van der Waals surface area contributed by atoms with E-state index < -0.39 is 0 Å². The number of amides is 1. The number of benzene rings is 1. The molecule has 1 aromatic carbocycles. The van der Waals surface area contributed by atoms with Gasteiger partial charge in [0, 0.05) is 35.6 Å². The van der Waals surface area contributed by atoms with Gasteiger partial charge in [-0.25, -0.2) is 0 Å². The van der Waals surface area contributed by atoms with Gasteiger partial charge in [-0.15, -0.1) is 0 Å². The minimum absolute atomic E-state index is 0.0306. The lowest BCUT2D eigenvalue weighted by Gasteiger charge is -2.44. The van der Waals surface area contributed by atoms with Crippen LogP contribution in [0, 0.1) is 5.92 Å². The maximum Gasteiger partial charge on any atom is 0.221 e. The molecule has 4 rings (SSSR count). The fourth-order valence-corrected chi connectivity index (χ4v) is 4.15. The van der Waals surface area contributed by atoms with Crippen molar-refractivity contribution < 1.29 is 4.79 Å². The van der Waals surface area contributed by atoms with Gasteiger partial charge in [0.1, 0.15) is 0 Å². The second kappa shape index (κ2) is 4.09. The molecule has 20 heavy (non-hydrogen) atoms. The summed E-state index contributed by atoms with van der Waals surface area (Å²) in [6.07, 6.45) is 4.08. The number of nitrogens with zero attached hydrogens (tertiary/aromatic N) is 1. The summed E-state index contributed by atoms with van der Waals surface area (Å²) in [7, 11) is 2.12. The van der Waals surface area contributed by atoms with Gasteiger partial charge < -0.3 is 15.6 Å². The molecular weight excluding hydrogens is 250 g/mol. The Hall–Kier alpha value is -1.81. The van der Waals surface area contributed by atoms with E-state index in [0.29, 0.717) is 12.0 Å². The monoisotopic (exact) mass is 269 g/mol. The highest BCUT2D eigenvalue weighted by atomic mass is 16.1. The van der Waals surface area contributed by atoms with Gasteiger partial charge in [-0.3, -0.25) is 4.79 Å². The van der Waals surface area contributed by atoms with Crippen LogP contribution in [0.2, 0.25) is 0 Å². The number of hydrogen-bond acceptors (Lipinski definition) is 2. The predicted octanol–water partition coefficient (Wildman–Crippen LogP) is 1.61. The van der Waals surface area contributed by atoms with Crippen molar-refractivity contribution in [3.05, 3.63) is 35.5 Å². The Labute approximate surface area is 117 Å². The number of rotatable bonds is 1. The molecule has 2 aliphatic rings. The number of piperidine rings is 1. The maximum absolute atomic E-state index is 11.6. The summed E-state index contributed by atoms with van der Waals surface area (Å²) in [6, 6.07) is 6.93. The Morgan fingerprint density at radius 2 is 2.30 bits per heavy atom. The van der Waals surface area contributed by atoms with E-state index in [0.717, 1.165) is 19.4 Å². The zero-order valence-corrected chi connectivity index (χ0v) is 11.6. The molecule has 3 atom stereocenters. The number of aromatic nitrogens is 1. The highest BCUT2D eigenvalue weighted by Gasteiger charge is 2.40. The molecule has 0 radical (unpaired) electrons. The number of nitrogens with two attached hydrogens (primary N) is 1. The molecule has 1 amide bonds. The topological polar surface area (TPSA) is 62.1 Å². The highest BCUT2D eigenvalue weighted by molar-refractivity contribution is 5.88. The minimum Gasteiger partial charge on any atom is -0.369 e. The van der Waals surface area contributed by atoms with Crippen LogP contribution in [0.15, 0.2) is 24.4 Å². The smallest absolute Gasteiger partial charge is 0.221 e. The number of nitrogens with one attached hydrogen (secondary N) is 1. The molecule has 1 unspecified atom stereocenters. The van der Waals surface area contributed by atoms with Gasteiger partial charge in [-0.1, -0.05) is 12.1 Å². The normalized spacial score (nSPS) is 29.4. The summed E-state index contributed by atoms with van der Waals surface area (Å²) >= 11 is 0. The number of aromatic amines is 1. The van der Waals surface area contributed by atoms with Crippen molar-refractivity contribution >= 4 is 16.8 Å². The van der Waals surface area contributed by atoms with Gasteiger partial charge in [0.25, 0.3) is 0 Å². The second-order valence-electron chi connectivity index (χ2n) is 6.24. The molecule has 1 aliphatic heterocycles. The minimum atomic E-state index is -0.164. The highest BCUT2D eigenvalue weighted by Crippen LogP contribution is 2.44. The molecule has 1 saturated heterocycles. The van der Waals surface area contributed by atoms with E-state index in [1.165, 1.54) is 22.0 Å². The maximum atomic E-state index is 11.6. The van der Waals surface area contributed by atoms with Crippen LogP contribution >= 0.6 is 0 Å². The largest absolute Gasteiger partial charge is 0.369 e. The van der Waals surface area contributed by atoms with Crippen LogP contribution in [-0.4, -0.2) is 35.4 Å². The number of primary amides is 1. The Balaban J connectivity index is 1.85. The van der Waals surface area contributed by atoms with Crippen LogP contribution < -0.4 is 5.73 Å². The lowest BCUT2D eigenvalue weighted by atomic mass is 9.72. The van der Waals surface area contributed by atoms with Crippen molar-refractivity contribution in [2.45, 2.75) is 24.8 Å². The predicted molar refractivity (Wildman–Crippen MR) is 78.5 cm³/mol. The zero-order chi connectivity index (χ0) is 13.9. The van der Waals surface area contributed by atoms with Crippen LogP contribution in [0.5, 0.6) is 0 Å². The molecule has 0 saturated carbocycles. The first-order chi connectivity index (χ1) is 9.65. The lowest BCUT2D eigenvalue weighted by Crippen LogP contribution is -2.50. The fourth-order valence-electron chi connectivity index (χ4n) is 4.15. The van der Waals surface area contributed by atoms with E-state index in [1.54, 1.807) is 0 Å². The summed E-state index contributed by atoms with van der Waals surface area (Å²) in [5.74, 6) is 0.220. The third kappa shape index (κ3) is 1.54. The van der Waals surface area contributed by atoms with E-state index >= 15 is 0 Å². The molecule has 4 nitrogen and oxygen atoms in total. The van der Waals surface area contributed by atoms with Crippen molar-refractivity contribution in [1.82, 2.24) is 9.88 Å². The first kappa shape index (κ1) is 12.0. The SMILES string of the molecule is CN1C[C@@H](C(N)=O)CC2c3cccc4[nH]cc(c34)C[C@H]21. The zero-order valence-electron chi connectivity index (χ0n) is 11.6. The molecular formula is C16H19N3O. The Morgan fingerprint density at radius 3 is 3.10 bits per heavy atom. The van der Waals surface area contributed by atoms with E-state index in [2.05, 4.69) is 41.3 Å². The molecule has 104 valence electrons. The summed E-state index contributed by atoms with van der Waals surface area (Å²) in [5, 5.41) is 1.37. The van der Waals surface area contributed by atoms with Crippen LogP contribution in [0.1, 0.15) is 23.5 Å². The lowest BCUT2D eigenvalue weighted by molar-refractivity contribution is -0.124. The summed E-state index contributed by atoms with van der Waals surface area (Å²) in [6.45, 7) is 0.784. The van der Waals surface area contributed by atoms with E-state index in [9.17, 15) is 4.79 Å². The van der Waals surface area contributed by atoms with Crippen molar-refractivity contribution in [3.63, 3.8) is 0 Å². The molecule has 2 heterocycles. The van der Waals surface area contributed by atoms with Gasteiger partial charge >= 0.3 is 0 Å². The van der Waals surface area contributed by atoms with Crippen LogP contribution in [0.25, 0.3) is 10.9 Å². The van der Waals surface area contributed by atoms with Gasteiger partial charge in [-0.2, -0.15) is 0 Å². The number of fused-ring (bicyclic) bond motifs is 2. The third-order valence-corrected chi connectivity index (χ3v) is 5.13. The Kier molecular flexibility index (Phi) is 2.45.